The first-order valence-corrected chi connectivity index (χ1v) is 5.40. The van der Waals surface area contributed by atoms with Crippen LogP contribution in [0.15, 0.2) is 30.5 Å². The van der Waals surface area contributed by atoms with Crippen molar-refractivity contribution >= 4 is 10.9 Å². The second-order valence-electron chi connectivity index (χ2n) is 4.02. The van der Waals surface area contributed by atoms with Crippen LogP contribution < -0.4 is 0 Å². The van der Waals surface area contributed by atoms with Crippen molar-refractivity contribution in [1.82, 2.24) is 9.88 Å². The highest BCUT2D eigenvalue weighted by Crippen LogP contribution is 2.25. The van der Waals surface area contributed by atoms with E-state index < -0.39 is 0 Å². The van der Waals surface area contributed by atoms with Gasteiger partial charge in [-0.05, 0) is 24.7 Å². The molecule has 0 aliphatic carbocycles. The van der Waals surface area contributed by atoms with Gasteiger partial charge in [0.15, 0.2) is 0 Å². The molecule has 0 atom stereocenters. The number of nitrogens with zero attached hydrogens (tertiary/aromatic N) is 2. The molecule has 0 saturated heterocycles. The summed E-state index contributed by atoms with van der Waals surface area (Å²) in [5.74, 6) is 2.82. The van der Waals surface area contributed by atoms with E-state index in [1.807, 2.05) is 30.1 Å². The molecule has 0 amide bonds. The summed E-state index contributed by atoms with van der Waals surface area (Å²) in [6.07, 6.45) is 6.99. The van der Waals surface area contributed by atoms with Gasteiger partial charge in [-0.1, -0.05) is 18.1 Å². The fourth-order valence-corrected chi connectivity index (χ4v) is 1.86. The lowest BCUT2D eigenvalue weighted by molar-refractivity contribution is 0.370. The molecule has 0 spiro atoms. The number of benzene rings is 1. The maximum Gasteiger partial charge on any atom is 0.141 e. The molecule has 0 radical (unpaired) electrons. The van der Waals surface area contributed by atoms with Gasteiger partial charge < -0.3 is 5.11 Å². The van der Waals surface area contributed by atoms with Gasteiger partial charge in [0.25, 0.3) is 0 Å². The zero-order valence-corrected chi connectivity index (χ0v) is 9.72. The summed E-state index contributed by atoms with van der Waals surface area (Å²) < 4.78 is 0. The molecule has 0 aliphatic rings. The average Bonchev–Trinajstić information content (AvgIpc) is 2.31. The quantitative estimate of drug-likeness (QED) is 0.813. The third-order valence-corrected chi connectivity index (χ3v) is 2.64. The van der Waals surface area contributed by atoms with Crippen LogP contribution in [0.1, 0.15) is 5.56 Å². The van der Waals surface area contributed by atoms with Crippen molar-refractivity contribution in [3.05, 3.63) is 36.0 Å². The molecule has 2 rings (SSSR count). The monoisotopic (exact) mass is 226 g/mol. The number of aromatic nitrogens is 1. The molecule has 2 aromatic rings. The Bertz CT molecular complexity index is 572. The molecular weight excluding hydrogens is 212 g/mol. The summed E-state index contributed by atoms with van der Waals surface area (Å²) in [7, 11) is 1.97. The molecule has 0 aliphatic heterocycles. The largest absolute Gasteiger partial charge is 0.506 e. The number of phenolic OH excluding ortho intramolecular Hbond substituents is 1. The predicted molar refractivity (Wildman–Crippen MR) is 68.6 cm³/mol. The Labute approximate surface area is 101 Å². The number of phenols is 1. The predicted octanol–water partition coefficient (Wildman–Crippen LogP) is 2.01. The zero-order valence-electron chi connectivity index (χ0n) is 9.72. The van der Waals surface area contributed by atoms with Crippen molar-refractivity contribution in [2.75, 3.05) is 13.6 Å². The number of terminal acetylenes is 1. The molecule has 0 saturated carbocycles. The van der Waals surface area contributed by atoms with Crippen LogP contribution in [0.2, 0.25) is 0 Å². The Kier molecular flexibility index (Phi) is 3.27. The van der Waals surface area contributed by atoms with Gasteiger partial charge in [-0.3, -0.25) is 9.88 Å². The number of rotatable bonds is 3. The minimum absolute atomic E-state index is 0.212. The average molecular weight is 226 g/mol. The molecule has 1 N–H and O–H groups in total. The molecule has 86 valence electrons. The minimum atomic E-state index is 0.212. The van der Waals surface area contributed by atoms with E-state index in [2.05, 4.69) is 10.9 Å². The topological polar surface area (TPSA) is 36.4 Å². The van der Waals surface area contributed by atoms with Crippen LogP contribution in [0.4, 0.5) is 0 Å². The van der Waals surface area contributed by atoms with E-state index in [0.29, 0.717) is 12.1 Å². The van der Waals surface area contributed by atoms with Crippen LogP contribution in [0.5, 0.6) is 5.75 Å². The van der Waals surface area contributed by atoms with Gasteiger partial charge >= 0.3 is 0 Å². The number of fused-ring (bicyclic) bond motifs is 1. The summed E-state index contributed by atoms with van der Waals surface area (Å²) in [6, 6.07) is 7.38. The van der Waals surface area contributed by atoms with E-state index in [1.165, 1.54) is 0 Å². The Morgan fingerprint density at radius 2 is 2.24 bits per heavy atom. The molecule has 0 fully saturated rings. The van der Waals surface area contributed by atoms with Gasteiger partial charge in [-0.25, -0.2) is 0 Å². The maximum absolute atomic E-state index is 9.72. The van der Waals surface area contributed by atoms with Crippen molar-refractivity contribution in [2.45, 2.75) is 6.54 Å². The lowest BCUT2D eigenvalue weighted by Gasteiger charge is -2.14. The van der Waals surface area contributed by atoms with Crippen LogP contribution in [0, 0.1) is 12.3 Å². The number of hydrogen-bond acceptors (Lipinski definition) is 3. The zero-order chi connectivity index (χ0) is 12.3. The minimum Gasteiger partial charge on any atom is -0.506 e. The van der Waals surface area contributed by atoms with Crippen molar-refractivity contribution in [2.24, 2.45) is 0 Å². The Morgan fingerprint density at radius 3 is 3.00 bits per heavy atom. The van der Waals surface area contributed by atoms with E-state index in [1.54, 1.807) is 12.3 Å². The highest BCUT2D eigenvalue weighted by molar-refractivity contribution is 5.86. The molecule has 17 heavy (non-hydrogen) atoms. The molecule has 1 aromatic heterocycles. The molecule has 0 bridgehead atoms. The molecule has 3 heteroatoms. The van der Waals surface area contributed by atoms with Gasteiger partial charge in [0.1, 0.15) is 11.3 Å². The SMILES string of the molecule is C#CCN(C)Cc1ccnc2c(O)cccc12. The number of pyridine rings is 1. The smallest absolute Gasteiger partial charge is 0.141 e. The molecular formula is C14H14N2O. The number of hydrogen-bond donors (Lipinski definition) is 1. The second-order valence-corrected chi connectivity index (χ2v) is 4.02. The lowest BCUT2D eigenvalue weighted by Crippen LogP contribution is -2.18. The van der Waals surface area contributed by atoms with Crippen LogP contribution in [-0.4, -0.2) is 28.6 Å². The van der Waals surface area contributed by atoms with Gasteiger partial charge in [-0.15, -0.1) is 6.42 Å². The second kappa shape index (κ2) is 4.86. The van der Waals surface area contributed by atoms with Crippen molar-refractivity contribution in [3.8, 4) is 18.1 Å². The molecule has 0 unspecified atom stereocenters. The fourth-order valence-electron chi connectivity index (χ4n) is 1.86. The van der Waals surface area contributed by atoms with E-state index >= 15 is 0 Å². The first kappa shape index (κ1) is 11.4. The number of para-hydroxylation sites is 1. The first-order valence-electron chi connectivity index (χ1n) is 5.40. The third kappa shape index (κ3) is 2.38. The van der Waals surface area contributed by atoms with E-state index in [4.69, 9.17) is 6.42 Å². The highest BCUT2D eigenvalue weighted by Gasteiger charge is 2.06. The van der Waals surface area contributed by atoms with Gasteiger partial charge in [-0.2, -0.15) is 0 Å². The summed E-state index contributed by atoms with van der Waals surface area (Å²) in [6.45, 7) is 1.34. The summed E-state index contributed by atoms with van der Waals surface area (Å²) in [5.41, 5.74) is 1.75. The van der Waals surface area contributed by atoms with Crippen LogP contribution in [0.25, 0.3) is 10.9 Å². The van der Waals surface area contributed by atoms with Gasteiger partial charge in [0.05, 0.1) is 6.54 Å². The van der Waals surface area contributed by atoms with Crippen LogP contribution >= 0.6 is 0 Å². The van der Waals surface area contributed by atoms with Crippen molar-refractivity contribution in [1.29, 1.82) is 0 Å². The Hall–Kier alpha value is -2.05. The maximum atomic E-state index is 9.72. The summed E-state index contributed by atoms with van der Waals surface area (Å²) >= 11 is 0. The number of aromatic hydroxyl groups is 1. The molecule has 3 nitrogen and oxygen atoms in total. The Balaban J connectivity index is 2.42. The molecule has 1 heterocycles. The summed E-state index contributed by atoms with van der Waals surface area (Å²) in [5, 5.41) is 10.7. The third-order valence-electron chi connectivity index (χ3n) is 2.64. The first-order chi connectivity index (χ1) is 8.22. The van der Waals surface area contributed by atoms with E-state index in [-0.39, 0.29) is 5.75 Å². The molecule has 1 aromatic carbocycles. The van der Waals surface area contributed by atoms with Crippen molar-refractivity contribution < 1.29 is 5.11 Å². The fraction of sp³-hybridized carbons (Fsp3) is 0.214. The van der Waals surface area contributed by atoms with Crippen LogP contribution in [0.3, 0.4) is 0 Å². The normalized spacial score (nSPS) is 10.6. The Morgan fingerprint density at radius 1 is 1.41 bits per heavy atom. The lowest BCUT2D eigenvalue weighted by atomic mass is 10.1. The van der Waals surface area contributed by atoms with Gasteiger partial charge in [0.2, 0.25) is 0 Å². The summed E-state index contributed by atoms with van der Waals surface area (Å²) in [4.78, 5) is 6.23. The van der Waals surface area contributed by atoms with Crippen LogP contribution in [-0.2, 0) is 6.54 Å². The standard InChI is InChI=1S/C14H14N2O/c1-3-9-16(2)10-11-7-8-15-14-12(11)5-4-6-13(14)17/h1,4-8,17H,9-10H2,2H3. The van der Waals surface area contributed by atoms with Gasteiger partial charge in [0, 0.05) is 18.1 Å². The van der Waals surface area contributed by atoms with E-state index in [0.717, 1.165) is 17.5 Å². The van der Waals surface area contributed by atoms with E-state index in [9.17, 15) is 5.11 Å². The highest BCUT2D eigenvalue weighted by atomic mass is 16.3. The van der Waals surface area contributed by atoms with Crippen molar-refractivity contribution in [3.63, 3.8) is 0 Å².